The lowest BCUT2D eigenvalue weighted by Crippen LogP contribution is -2.31. The highest BCUT2D eigenvalue weighted by molar-refractivity contribution is 6.05. The van der Waals surface area contributed by atoms with Crippen molar-refractivity contribution in [3.8, 4) is 17.1 Å². The first-order chi connectivity index (χ1) is 12.8. The molecule has 0 N–H and O–H groups in total. The highest BCUT2D eigenvalue weighted by Crippen LogP contribution is 2.37. The summed E-state index contributed by atoms with van der Waals surface area (Å²) in [6, 6.07) is 14.7. The molecular weight excluding hydrogens is 322 g/mol. The van der Waals surface area contributed by atoms with Crippen molar-refractivity contribution < 1.29 is 4.57 Å². The zero-order valence-corrected chi connectivity index (χ0v) is 14.3. The van der Waals surface area contributed by atoms with E-state index in [9.17, 15) is 0 Å². The van der Waals surface area contributed by atoms with Crippen LogP contribution in [0.25, 0.3) is 39.1 Å². The third-order valence-electron chi connectivity index (χ3n) is 5.37. The number of nitrogens with zero attached hydrogens (tertiary/aromatic N) is 5. The van der Waals surface area contributed by atoms with Crippen molar-refractivity contribution in [1.82, 2.24) is 19.1 Å². The van der Waals surface area contributed by atoms with Crippen molar-refractivity contribution in [1.29, 1.82) is 0 Å². The molecule has 0 atom stereocenters. The second-order valence-corrected chi connectivity index (χ2v) is 6.74. The fraction of sp³-hybridized carbons (Fsp3) is 0.0952. The molecule has 5 heterocycles. The summed E-state index contributed by atoms with van der Waals surface area (Å²) in [5.74, 6) is 1.22. The Bertz CT molecular complexity index is 1310. The lowest BCUT2D eigenvalue weighted by Gasteiger charge is -2.03. The summed E-state index contributed by atoms with van der Waals surface area (Å²) >= 11 is 0. The van der Waals surface area contributed by atoms with E-state index in [1.807, 2.05) is 24.8 Å². The van der Waals surface area contributed by atoms with E-state index in [0.29, 0.717) is 0 Å². The van der Waals surface area contributed by atoms with E-state index in [1.54, 1.807) is 0 Å². The highest BCUT2D eigenvalue weighted by Gasteiger charge is 2.35. The van der Waals surface area contributed by atoms with E-state index in [1.165, 1.54) is 39.0 Å². The number of para-hydroxylation sites is 1. The Morgan fingerprint density at radius 2 is 1.77 bits per heavy atom. The molecule has 0 unspecified atom stereocenters. The minimum absolute atomic E-state index is 0.846. The molecule has 6 rings (SSSR count). The lowest BCUT2D eigenvalue weighted by molar-refractivity contribution is -0.636. The van der Waals surface area contributed by atoms with Gasteiger partial charge < -0.3 is 0 Å². The van der Waals surface area contributed by atoms with E-state index in [4.69, 9.17) is 0 Å². The predicted molar refractivity (Wildman–Crippen MR) is 100 cm³/mol. The summed E-state index contributed by atoms with van der Waals surface area (Å²) in [7, 11) is 2.15. The molecule has 5 nitrogen and oxygen atoms in total. The lowest BCUT2D eigenvalue weighted by atomic mass is 10.2. The number of hydrogen-bond donors (Lipinski definition) is 0. The number of benzene rings is 1. The molecule has 5 aromatic rings. The molecular formula is C21H16N5+. The first-order valence-electron chi connectivity index (χ1n) is 8.70. The van der Waals surface area contributed by atoms with Crippen LogP contribution in [0.4, 0.5) is 0 Å². The molecule has 0 amide bonds. The van der Waals surface area contributed by atoms with Gasteiger partial charge in [-0.05, 0) is 24.3 Å². The average molecular weight is 338 g/mol. The second kappa shape index (κ2) is 4.79. The Morgan fingerprint density at radius 3 is 2.65 bits per heavy atom. The van der Waals surface area contributed by atoms with Gasteiger partial charge in [-0.3, -0.25) is 9.97 Å². The summed E-state index contributed by atoms with van der Waals surface area (Å²) in [5.41, 5.74) is 7.28. The van der Waals surface area contributed by atoms with Crippen molar-refractivity contribution in [3.63, 3.8) is 0 Å². The average Bonchev–Trinajstić information content (AvgIpc) is 3.31. The molecule has 0 saturated carbocycles. The zero-order chi connectivity index (χ0) is 17.3. The van der Waals surface area contributed by atoms with Gasteiger partial charge in [0.25, 0.3) is 5.65 Å². The van der Waals surface area contributed by atoms with Crippen LogP contribution in [0.2, 0.25) is 0 Å². The van der Waals surface area contributed by atoms with Crippen molar-refractivity contribution in [3.05, 3.63) is 72.8 Å². The first-order valence-corrected chi connectivity index (χ1v) is 8.70. The maximum atomic E-state index is 4.41. The standard InChI is InChI=1S/C21H16N5/c1-24-20-16-7-9-22-11-14(16)13-25(20)19-17-12-23-10-8-18(17)26(21(19)24)15-5-3-2-4-6-15/h2-12H,13H2,1H3/q+1. The molecule has 4 aromatic heterocycles. The van der Waals surface area contributed by atoms with Gasteiger partial charge >= 0.3 is 0 Å². The van der Waals surface area contributed by atoms with Gasteiger partial charge in [0.2, 0.25) is 5.82 Å². The Balaban J connectivity index is 1.83. The summed E-state index contributed by atoms with van der Waals surface area (Å²) < 4.78 is 7.03. The Labute approximate surface area is 149 Å². The van der Waals surface area contributed by atoms with Crippen LogP contribution in [0.15, 0.2) is 67.3 Å². The van der Waals surface area contributed by atoms with Crippen LogP contribution in [0.1, 0.15) is 5.56 Å². The molecule has 0 aliphatic carbocycles. The van der Waals surface area contributed by atoms with Crippen LogP contribution >= 0.6 is 0 Å². The van der Waals surface area contributed by atoms with Gasteiger partial charge in [0.15, 0.2) is 5.52 Å². The van der Waals surface area contributed by atoms with E-state index in [2.05, 4.69) is 73.2 Å². The Morgan fingerprint density at radius 1 is 0.962 bits per heavy atom. The molecule has 1 aliphatic heterocycles. The normalized spacial score (nSPS) is 12.7. The van der Waals surface area contributed by atoms with Gasteiger partial charge in [-0.2, -0.15) is 0 Å². The molecule has 0 saturated heterocycles. The predicted octanol–water partition coefficient (Wildman–Crippen LogP) is 3.23. The van der Waals surface area contributed by atoms with Gasteiger partial charge in [0.1, 0.15) is 11.2 Å². The van der Waals surface area contributed by atoms with Crippen LogP contribution in [0, 0.1) is 0 Å². The number of hydrogen-bond acceptors (Lipinski definition) is 2. The molecule has 26 heavy (non-hydrogen) atoms. The maximum absolute atomic E-state index is 4.41. The number of aryl methyl sites for hydroxylation is 1. The van der Waals surface area contributed by atoms with E-state index >= 15 is 0 Å². The van der Waals surface area contributed by atoms with Crippen molar-refractivity contribution >= 4 is 22.1 Å². The van der Waals surface area contributed by atoms with Crippen LogP contribution in [-0.2, 0) is 13.6 Å². The van der Waals surface area contributed by atoms with Crippen LogP contribution < -0.4 is 4.57 Å². The largest absolute Gasteiger partial charge is 0.274 e. The molecule has 0 spiro atoms. The number of imidazole rings is 1. The van der Waals surface area contributed by atoms with Gasteiger partial charge in [-0.15, -0.1) is 0 Å². The van der Waals surface area contributed by atoms with Gasteiger partial charge in [-0.25, -0.2) is 13.7 Å². The zero-order valence-electron chi connectivity index (χ0n) is 14.3. The smallest absolute Gasteiger partial charge is 0.264 e. The van der Waals surface area contributed by atoms with Crippen LogP contribution in [0.5, 0.6) is 0 Å². The topological polar surface area (TPSA) is 39.5 Å². The van der Waals surface area contributed by atoms with E-state index in [0.717, 1.165) is 12.2 Å². The van der Waals surface area contributed by atoms with Crippen molar-refractivity contribution in [2.24, 2.45) is 7.05 Å². The summed E-state index contributed by atoms with van der Waals surface area (Å²) in [6.07, 6.45) is 7.69. The molecule has 0 bridgehead atoms. The van der Waals surface area contributed by atoms with Gasteiger partial charge in [0.05, 0.1) is 24.5 Å². The Hall–Kier alpha value is -3.47. The third kappa shape index (κ3) is 1.57. The molecule has 124 valence electrons. The monoisotopic (exact) mass is 338 g/mol. The molecule has 1 aliphatic rings. The fourth-order valence-electron chi connectivity index (χ4n) is 4.33. The number of aromatic nitrogens is 5. The quantitative estimate of drug-likeness (QED) is 0.432. The van der Waals surface area contributed by atoms with E-state index < -0.39 is 0 Å². The van der Waals surface area contributed by atoms with E-state index in [-0.39, 0.29) is 0 Å². The van der Waals surface area contributed by atoms with Crippen molar-refractivity contribution in [2.75, 3.05) is 0 Å². The number of fused-ring (bicyclic) bond motifs is 7. The molecule has 5 heteroatoms. The molecule has 1 aromatic carbocycles. The summed E-state index contributed by atoms with van der Waals surface area (Å²) in [5, 5.41) is 1.17. The van der Waals surface area contributed by atoms with Crippen LogP contribution in [0.3, 0.4) is 0 Å². The van der Waals surface area contributed by atoms with Gasteiger partial charge in [0, 0.05) is 30.4 Å². The van der Waals surface area contributed by atoms with Gasteiger partial charge in [-0.1, -0.05) is 18.2 Å². The SMILES string of the molecule is C[n+]1c2n(c3c4cnccc4n(-c4ccccc4)c31)Cc1cnccc1-2. The molecule has 0 radical (unpaired) electrons. The minimum atomic E-state index is 0.846. The van der Waals surface area contributed by atoms with Crippen LogP contribution in [-0.4, -0.2) is 19.1 Å². The number of pyridine rings is 2. The molecule has 0 fully saturated rings. The second-order valence-electron chi connectivity index (χ2n) is 6.74. The fourth-order valence-corrected chi connectivity index (χ4v) is 4.33. The maximum Gasteiger partial charge on any atom is 0.274 e. The highest BCUT2D eigenvalue weighted by atomic mass is 15.2. The number of rotatable bonds is 1. The van der Waals surface area contributed by atoms with Crippen molar-refractivity contribution in [2.45, 2.75) is 6.54 Å². The Kier molecular flexibility index (Phi) is 2.54. The first kappa shape index (κ1) is 13.8. The summed E-state index contributed by atoms with van der Waals surface area (Å²) in [4.78, 5) is 8.71. The summed E-state index contributed by atoms with van der Waals surface area (Å²) in [6.45, 7) is 0.846. The third-order valence-corrected chi connectivity index (χ3v) is 5.37. The minimum Gasteiger partial charge on any atom is -0.264 e.